The van der Waals surface area contributed by atoms with Crippen molar-refractivity contribution in [1.29, 1.82) is 0 Å². The topological polar surface area (TPSA) is 15.3 Å². The van der Waals surface area contributed by atoms with Crippen molar-refractivity contribution in [1.82, 2.24) is 10.2 Å². The number of thioether (sulfide) groups is 1. The van der Waals surface area contributed by atoms with Gasteiger partial charge in [-0.05, 0) is 33.0 Å². The van der Waals surface area contributed by atoms with Gasteiger partial charge in [0.05, 0.1) is 0 Å². The monoisotopic (exact) mass is 216 g/mol. The van der Waals surface area contributed by atoms with Crippen LogP contribution in [0.15, 0.2) is 0 Å². The summed E-state index contributed by atoms with van der Waals surface area (Å²) in [6.45, 7) is 5.97. The molecule has 0 aromatic carbocycles. The lowest BCUT2D eigenvalue weighted by Crippen LogP contribution is -2.39. The lowest BCUT2D eigenvalue weighted by atomic mass is 10.2. The molecular weight excluding hydrogens is 192 g/mol. The predicted octanol–water partition coefficient (Wildman–Crippen LogP) is 1.81. The zero-order valence-corrected chi connectivity index (χ0v) is 10.4. The van der Waals surface area contributed by atoms with Crippen LogP contribution in [-0.2, 0) is 0 Å². The minimum atomic E-state index is 0.762. The lowest BCUT2D eigenvalue weighted by Gasteiger charge is -2.25. The normalized spacial score (nSPS) is 22.9. The number of nitrogens with zero attached hydrogens (tertiary/aromatic N) is 1. The fraction of sp³-hybridized carbons (Fsp3) is 1.00. The summed E-state index contributed by atoms with van der Waals surface area (Å²) in [6, 6.07) is 0.762. The van der Waals surface area contributed by atoms with Crippen LogP contribution in [0.3, 0.4) is 0 Å². The van der Waals surface area contributed by atoms with Crippen LogP contribution in [0, 0.1) is 0 Å². The number of hydrogen-bond donors (Lipinski definition) is 1. The van der Waals surface area contributed by atoms with Gasteiger partial charge in [0.15, 0.2) is 0 Å². The average molecular weight is 216 g/mol. The van der Waals surface area contributed by atoms with Crippen LogP contribution in [0.5, 0.6) is 0 Å². The minimum absolute atomic E-state index is 0.762. The fourth-order valence-corrected chi connectivity index (χ4v) is 2.72. The first kappa shape index (κ1) is 12.3. The third kappa shape index (κ3) is 5.23. The van der Waals surface area contributed by atoms with Crippen LogP contribution in [0.4, 0.5) is 0 Å². The smallest absolute Gasteiger partial charge is 0.0170 e. The molecule has 1 aliphatic heterocycles. The van der Waals surface area contributed by atoms with Crippen molar-refractivity contribution in [2.75, 3.05) is 38.2 Å². The summed E-state index contributed by atoms with van der Waals surface area (Å²) in [5.41, 5.74) is 0. The predicted molar refractivity (Wildman–Crippen MR) is 66.1 cm³/mol. The number of unbranched alkanes of at least 4 members (excludes halogenated alkanes) is 1. The summed E-state index contributed by atoms with van der Waals surface area (Å²) in [5, 5.41) is 3.58. The van der Waals surface area contributed by atoms with E-state index in [1.165, 1.54) is 50.4 Å². The van der Waals surface area contributed by atoms with E-state index in [9.17, 15) is 0 Å². The van der Waals surface area contributed by atoms with Crippen molar-refractivity contribution < 1.29 is 0 Å². The van der Waals surface area contributed by atoms with Crippen LogP contribution in [0.2, 0.25) is 0 Å². The summed E-state index contributed by atoms with van der Waals surface area (Å²) in [6.07, 6.45) is 3.96. The van der Waals surface area contributed by atoms with E-state index in [2.05, 4.69) is 35.9 Å². The molecule has 0 aliphatic carbocycles. The molecule has 0 saturated carbocycles. The Balaban J connectivity index is 2.00. The third-order valence-corrected chi connectivity index (χ3v) is 3.88. The van der Waals surface area contributed by atoms with E-state index in [4.69, 9.17) is 0 Å². The van der Waals surface area contributed by atoms with Crippen LogP contribution in [0.1, 0.15) is 26.2 Å². The molecule has 1 rings (SSSR count). The molecule has 1 aliphatic rings. The van der Waals surface area contributed by atoms with Crippen molar-refractivity contribution >= 4 is 11.8 Å². The second kappa shape index (κ2) is 7.55. The van der Waals surface area contributed by atoms with Gasteiger partial charge in [-0.2, -0.15) is 11.8 Å². The van der Waals surface area contributed by atoms with Crippen LogP contribution >= 0.6 is 11.8 Å². The van der Waals surface area contributed by atoms with Gasteiger partial charge in [0.2, 0.25) is 0 Å². The lowest BCUT2D eigenvalue weighted by molar-refractivity contribution is 0.307. The van der Waals surface area contributed by atoms with Crippen molar-refractivity contribution in [3.8, 4) is 0 Å². The average Bonchev–Trinajstić information content (AvgIpc) is 2.25. The molecule has 1 unspecified atom stereocenters. The molecule has 1 N–H and O–H groups in total. The van der Waals surface area contributed by atoms with Gasteiger partial charge in [0.1, 0.15) is 0 Å². The molecule has 1 heterocycles. The highest BCUT2D eigenvalue weighted by Gasteiger charge is 2.12. The second-order valence-corrected chi connectivity index (χ2v) is 5.32. The highest BCUT2D eigenvalue weighted by atomic mass is 32.2. The largest absolute Gasteiger partial charge is 0.312 e. The van der Waals surface area contributed by atoms with E-state index in [1.54, 1.807) is 0 Å². The van der Waals surface area contributed by atoms with Gasteiger partial charge in [-0.25, -0.2) is 0 Å². The first-order chi connectivity index (χ1) is 6.83. The fourth-order valence-electron chi connectivity index (χ4n) is 1.72. The molecule has 84 valence electrons. The second-order valence-electron chi connectivity index (χ2n) is 4.17. The molecule has 1 saturated heterocycles. The highest BCUT2D eigenvalue weighted by molar-refractivity contribution is 7.99. The Morgan fingerprint density at radius 1 is 1.43 bits per heavy atom. The van der Waals surface area contributed by atoms with Gasteiger partial charge < -0.3 is 10.2 Å². The SMILES string of the molecule is CCCCN(C)CCC1CSCCN1. The summed E-state index contributed by atoms with van der Waals surface area (Å²) in [4.78, 5) is 2.46. The van der Waals surface area contributed by atoms with Gasteiger partial charge >= 0.3 is 0 Å². The van der Waals surface area contributed by atoms with Gasteiger partial charge in [0.25, 0.3) is 0 Å². The summed E-state index contributed by atoms with van der Waals surface area (Å²) in [5.74, 6) is 2.60. The Bertz CT molecular complexity index is 135. The van der Waals surface area contributed by atoms with Crippen LogP contribution in [0.25, 0.3) is 0 Å². The molecular formula is C11H24N2S. The van der Waals surface area contributed by atoms with E-state index < -0.39 is 0 Å². The van der Waals surface area contributed by atoms with Crippen LogP contribution < -0.4 is 5.32 Å². The molecule has 1 fully saturated rings. The van der Waals surface area contributed by atoms with Crippen molar-refractivity contribution in [3.05, 3.63) is 0 Å². The third-order valence-electron chi connectivity index (χ3n) is 2.75. The van der Waals surface area contributed by atoms with E-state index in [-0.39, 0.29) is 0 Å². The summed E-state index contributed by atoms with van der Waals surface area (Å²) in [7, 11) is 2.24. The maximum atomic E-state index is 3.58. The van der Waals surface area contributed by atoms with E-state index in [0.29, 0.717) is 0 Å². The van der Waals surface area contributed by atoms with Crippen molar-refractivity contribution in [2.45, 2.75) is 32.2 Å². The Morgan fingerprint density at radius 2 is 2.29 bits per heavy atom. The standard InChI is InChI=1S/C11H24N2S/c1-3-4-7-13(2)8-5-11-10-14-9-6-12-11/h11-12H,3-10H2,1-2H3. The Kier molecular flexibility index (Phi) is 6.65. The Morgan fingerprint density at radius 3 is 2.93 bits per heavy atom. The maximum absolute atomic E-state index is 3.58. The van der Waals surface area contributed by atoms with Gasteiger partial charge in [-0.1, -0.05) is 13.3 Å². The summed E-state index contributed by atoms with van der Waals surface area (Å²) < 4.78 is 0. The Hall–Kier alpha value is 0.270. The summed E-state index contributed by atoms with van der Waals surface area (Å²) >= 11 is 2.09. The molecule has 0 bridgehead atoms. The molecule has 0 amide bonds. The highest BCUT2D eigenvalue weighted by Crippen LogP contribution is 2.10. The number of nitrogens with one attached hydrogen (secondary N) is 1. The van der Waals surface area contributed by atoms with Gasteiger partial charge in [-0.3, -0.25) is 0 Å². The molecule has 0 radical (unpaired) electrons. The zero-order valence-electron chi connectivity index (χ0n) is 9.59. The van der Waals surface area contributed by atoms with Gasteiger partial charge in [-0.15, -0.1) is 0 Å². The van der Waals surface area contributed by atoms with Crippen molar-refractivity contribution in [3.63, 3.8) is 0 Å². The molecule has 3 heteroatoms. The van der Waals surface area contributed by atoms with E-state index >= 15 is 0 Å². The first-order valence-corrected chi connectivity index (χ1v) is 6.98. The molecule has 0 aromatic rings. The number of rotatable bonds is 6. The van der Waals surface area contributed by atoms with Crippen LogP contribution in [-0.4, -0.2) is 49.1 Å². The quantitative estimate of drug-likeness (QED) is 0.729. The molecule has 2 nitrogen and oxygen atoms in total. The Labute approximate surface area is 92.8 Å². The first-order valence-electron chi connectivity index (χ1n) is 5.82. The van der Waals surface area contributed by atoms with E-state index in [0.717, 1.165) is 6.04 Å². The van der Waals surface area contributed by atoms with E-state index in [1.807, 2.05) is 0 Å². The molecule has 0 aromatic heterocycles. The maximum Gasteiger partial charge on any atom is 0.0170 e. The molecule has 1 atom stereocenters. The number of hydrogen-bond acceptors (Lipinski definition) is 3. The van der Waals surface area contributed by atoms with Gasteiger partial charge in [0, 0.05) is 24.1 Å². The minimum Gasteiger partial charge on any atom is -0.312 e. The molecule has 14 heavy (non-hydrogen) atoms. The zero-order chi connectivity index (χ0) is 10.2. The van der Waals surface area contributed by atoms with Crippen molar-refractivity contribution in [2.24, 2.45) is 0 Å². The molecule has 0 spiro atoms.